The molecule has 0 saturated carbocycles. The molecule has 0 atom stereocenters. The number of nitrogens with one attached hydrogen (secondary N) is 1. The van der Waals surface area contributed by atoms with Gasteiger partial charge < -0.3 is 9.80 Å². The molecule has 146 valence electrons. The minimum Gasteiger partial charge on any atom is -0.332 e. The molecule has 0 spiro atoms. The quantitative estimate of drug-likeness (QED) is 0.594. The summed E-state index contributed by atoms with van der Waals surface area (Å²) in [6.45, 7) is 1.52. The van der Waals surface area contributed by atoms with Crippen LogP contribution in [0.2, 0.25) is 0 Å². The zero-order chi connectivity index (χ0) is 20.1. The van der Waals surface area contributed by atoms with Gasteiger partial charge in [-0.05, 0) is 47.7 Å². The highest BCUT2D eigenvalue weighted by molar-refractivity contribution is 9.10. The molecule has 1 aromatic heterocycles. The summed E-state index contributed by atoms with van der Waals surface area (Å²) >= 11 is 3.52. The van der Waals surface area contributed by atoms with E-state index in [0.29, 0.717) is 35.5 Å². The SMILES string of the molecule is CN(C)CCN(Cc1cccc(F)c1)C(=O)c1[nH]nc(-c2ccccc2)c1Br. The lowest BCUT2D eigenvalue weighted by Gasteiger charge is -2.24. The molecule has 1 N–H and O–H groups in total. The molecular weight excluding hydrogens is 423 g/mol. The highest BCUT2D eigenvalue weighted by Crippen LogP contribution is 2.29. The Morgan fingerprint density at radius 1 is 1.11 bits per heavy atom. The number of amides is 1. The molecule has 3 rings (SSSR count). The molecule has 3 aromatic rings. The van der Waals surface area contributed by atoms with Gasteiger partial charge in [0.2, 0.25) is 0 Å². The van der Waals surface area contributed by atoms with E-state index in [-0.39, 0.29) is 11.7 Å². The number of hydrogen-bond donors (Lipinski definition) is 1. The summed E-state index contributed by atoms with van der Waals surface area (Å²) in [5, 5.41) is 7.18. The van der Waals surface area contributed by atoms with Gasteiger partial charge in [0.1, 0.15) is 17.2 Å². The Morgan fingerprint density at radius 3 is 2.54 bits per heavy atom. The van der Waals surface area contributed by atoms with Crippen molar-refractivity contribution in [2.24, 2.45) is 0 Å². The first-order valence-corrected chi connectivity index (χ1v) is 9.72. The molecule has 0 aliphatic carbocycles. The van der Waals surface area contributed by atoms with Crippen LogP contribution in [0.4, 0.5) is 4.39 Å². The Morgan fingerprint density at radius 2 is 1.86 bits per heavy atom. The Kier molecular flexibility index (Phi) is 6.59. The highest BCUT2D eigenvalue weighted by atomic mass is 79.9. The zero-order valence-electron chi connectivity index (χ0n) is 15.8. The van der Waals surface area contributed by atoms with E-state index in [1.807, 2.05) is 55.4 Å². The van der Waals surface area contributed by atoms with E-state index in [2.05, 4.69) is 26.1 Å². The van der Waals surface area contributed by atoms with Crippen molar-refractivity contribution in [3.05, 3.63) is 76.1 Å². The van der Waals surface area contributed by atoms with Crippen molar-refractivity contribution in [2.75, 3.05) is 27.2 Å². The molecule has 1 heterocycles. The number of halogens is 2. The van der Waals surface area contributed by atoms with Crippen LogP contribution in [0.3, 0.4) is 0 Å². The van der Waals surface area contributed by atoms with Gasteiger partial charge in [-0.1, -0.05) is 42.5 Å². The van der Waals surface area contributed by atoms with Crippen LogP contribution in [0.25, 0.3) is 11.3 Å². The number of aromatic nitrogens is 2. The lowest BCUT2D eigenvalue weighted by Crippen LogP contribution is -2.36. The standard InChI is InChI=1S/C21H22BrFN4O/c1-26(2)11-12-27(14-15-7-6-10-17(23)13-15)21(28)20-18(22)19(24-25-20)16-8-4-3-5-9-16/h3-10,13H,11-12,14H2,1-2H3,(H,24,25). The molecule has 0 fully saturated rings. The molecule has 2 aromatic carbocycles. The van der Waals surface area contributed by atoms with Crippen LogP contribution in [0.1, 0.15) is 16.1 Å². The first-order chi connectivity index (χ1) is 13.5. The summed E-state index contributed by atoms with van der Waals surface area (Å²) in [6, 6.07) is 16.0. The molecular formula is C21H22BrFN4O. The summed E-state index contributed by atoms with van der Waals surface area (Å²) in [7, 11) is 3.90. The summed E-state index contributed by atoms with van der Waals surface area (Å²) in [5.41, 5.74) is 2.72. The topological polar surface area (TPSA) is 52.2 Å². The molecule has 0 saturated heterocycles. The fourth-order valence-electron chi connectivity index (χ4n) is 2.84. The third-order valence-electron chi connectivity index (χ3n) is 4.33. The predicted molar refractivity (Wildman–Crippen MR) is 111 cm³/mol. The number of likely N-dealkylation sites (N-methyl/N-ethyl adjacent to an activating group) is 1. The van der Waals surface area contributed by atoms with Gasteiger partial charge >= 0.3 is 0 Å². The molecule has 28 heavy (non-hydrogen) atoms. The van der Waals surface area contributed by atoms with Crippen molar-refractivity contribution in [1.82, 2.24) is 20.0 Å². The number of hydrogen-bond acceptors (Lipinski definition) is 3. The molecule has 5 nitrogen and oxygen atoms in total. The van der Waals surface area contributed by atoms with Crippen molar-refractivity contribution >= 4 is 21.8 Å². The second kappa shape index (κ2) is 9.12. The maximum atomic E-state index is 13.6. The van der Waals surface area contributed by atoms with Gasteiger partial charge in [0.05, 0.1) is 4.47 Å². The first kappa shape index (κ1) is 20.2. The minimum absolute atomic E-state index is 0.187. The van der Waals surface area contributed by atoms with Crippen molar-refractivity contribution in [1.29, 1.82) is 0 Å². The monoisotopic (exact) mass is 444 g/mol. The van der Waals surface area contributed by atoms with Crippen molar-refractivity contribution in [3.8, 4) is 11.3 Å². The Labute approximate surface area is 172 Å². The number of carbonyl (C=O) groups excluding carboxylic acids is 1. The minimum atomic E-state index is -0.313. The van der Waals surface area contributed by atoms with E-state index in [0.717, 1.165) is 11.1 Å². The molecule has 7 heteroatoms. The number of H-pyrrole nitrogens is 1. The van der Waals surface area contributed by atoms with Crippen LogP contribution in [-0.2, 0) is 6.54 Å². The third-order valence-corrected chi connectivity index (χ3v) is 5.11. The van der Waals surface area contributed by atoms with Gasteiger partial charge in [0.25, 0.3) is 5.91 Å². The third kappa shape index (κ3) is 4.85. The number of benzene rings is 2. The van der Waals surface area contributed by atoms with Crippen molar-refractivity contribution in [2.45, 2.75) is 6.54 Å². The van der Waals surface area contributed by atoms with Crippen LogP contribution in [-0.4, -0.2) is 53.1 Å². The average Bonchev–Trinajstić information content (AvgIpc) is 3.06. The van der Waals surface area contributed by atoms with Crippen LogP contribution in [0, 0.1) is 5.82 Å². The van der Waals surface area contributed by atoms with Crippen LogP contribution in [0.5, 0.6) is 0 Å². The number of nitrogens with zero attached hydrogens (tertiary/aromatic N) is 3. The van der Waals surface area contributed by atoms with Crippen LogP contribution >= 0.6 is 15.9 Å². The van der Waals surface area contributed by atoms with Gasteiger partial charge in [0.15, 0.2) is 0 Å². The number of carbonyl (C=O) groups is 1. The maximum Gasteiger partial charge on any atom is 0.273 e. The maximum absolute atomic E-state index is 13.6. The van der Waals surface area contributed by atoms with E-state index in [1.54, 1.807) is 11.0 Å². The van der Waals surface area contributed by atoms with Gasteiger partial charge in [-0.2, -0.15) is 5.10 Å². The van der Waals surface area contributed by atoms with E-state index in [1.165, 1.54) is 12.1 Å². The highest BCUT2D eigenvalue weighted by Gasteiger charge is 2.23. The smallest absolute Gasteiger partial charge is 0.273 e. The van der Waals surface area contributed by atoms with Crippen molar-refractivity contribution < 1.29 is 9.18 Å². The van der Waals surface area contributed by atoms with E-state index >= 15 is 0 Å². The molecule has 0 aliphatic heterocycles. The number of rotatable bonds is 7. The van der Waals surface area contributed by atoms with E-state index in [9.17, 15) is 9.18 Å². The van der Waals surface area contributed by atoms with Gasteiger partial charge in [-0.3, -0.25) is 9.89 Å². The van der Waals surface area contributed by atoms with Crippen molar-refractivity contribution in [3.63, 3.8) is 0 Å². The Balaban J connectivity index is 1.87. The molecule has 0 unspecified atom stereocenters. The summed E-state index contributed by atoms with van der Waals surface area (Å²) in [5.74, 6) is -0.501. The van der Waals surface area contributed by atoms with Gasteiger partial charge in [-0.15, -0.1) is 0 Å². The molecule has 1 amide bonds. The lowest BCUT2D eigenvalue weighted by atomic mass is 10.1. The second-order valence-electron chi connectivity index (χ2n) is 6.79. The summed E-state index contributed by atoms with van der Waals surface area (Å²) < 4.78 is 14.2. The Bertz CT molecular complexity index is 943. The first-order valence-electron chi connectivity index (χ1n) is 8.93. The second-order valence-corrected chi connectivity index (χ2v) is 7.58. The zero-order valence-corrected chi connectivity index (χ0v) is 17.4. The summed E-state index contributed by atoms with van der Waals surface area (Å²) in [6.07, 6.45) is 0. The van der Waals surface area contributed by atoms with Crippen LogP contribution < -0.4 is 0 Å². The van der Waals surface area contributed by atoms with E-state index < -0.39 is 0 Å². The normalized spacial score (nSPS) is 11.0. The predicted octanol–water partition coefficient (Wildman–Crippen LogP) is 4.18. The van der Waals surface area contributed by atoms with Crippen LogP contribution in [0.15, 0.2) is 59.1 Å². The molecule has 0 radical (unpaired) electrons. The largest absolute Gasteiger partial charge is 0.332 e. The van der Waals surface area contributed by atoms with E-state index in [4.69, 9.17) is 0 Å². The van der Waals surface area contributed by atoms with Gasteiger partial charge in [-0.25, -0.2) is 4.39 Å². The molecule has 0 bridgehead atoms. The fourth-order valence-corrected chi connectivity index (χ4v) is 3.42. The number of aromatic amines is 1. The average molecular weight is 445 g/mol. The molecule has 0 aliphatic rings. The fraction of sp³-hybridized carbons (Fsp3) is 0.238. The lowest BCUT2D eigenvalue weighted by molar-refractivity contribution is 0.0725. The Hall–Kier alpha value is -2.51. The summed E-state index contributed by atoms with van der Waals surface area (Å²) in [4.78, 5) is 16.9. The van der Waals surface area contributed by atoms with Gasteiger partial charge in [0, 0.05) is 25.2 Å².